The Morgan fingerprint density at radius 2 is 1.55 bits per heavy atom. The molecule has 0 bridgehead atoms. The van der Waals surface area contributed by atoms with Gasteiger partial charge in [-0.1, -0.05) is 38.0 Å². The van der Waals surface area contributed by atoms with Crippen LogP contribution in [0.2, 0.25) is 0 Å². The minimum absolute atomic E-state index is 0.111. The first-order valence-electron chi connectivity index (χ1n) is 9.67. The van der Waals surface area contributed by atoms with Crippen molar-refractivity contribution in [2.24, 2.45) is 5.92 Å². The maximum atomic E-state index is 14.4. The van der Waals surface area contributed by atoms with Crippen molar-refractivity contribution in [2.75, 3.05) is 13.2 Å². The molecule has 0 N–H and O–H groups in total. The molecule has 0 amide bonds. The van der Waals surface area contributed by atoms with Crippen LogP contribution >= 0.6 is 0 Å². The molecule has 154 valence electrons. The van der Waals surface area contributed by atoms with E-state index in [-0.39, 0.29) is 17.0 Å². The SMILES string of the molecule is CCCCC[C@H]1CO[C@H](c2cc(F)c(C#Cc3ccc(F)c(F)c3)c(F)c2)OC1. The largest absolute Gasteiger partial charge is 0.348 e. The van der Waals surface area contributed by atoms with Gasteiger partial charge in [-0.3, -0.25) is 0 Å². The van der Waals surface area contributed by atoms with Gasteiger partial charge in [0.05, 0.1) is 18.8 Å². The Morgan fingerprint density at radius 3 is 2.17 bits per heavy atom. The molecule has 0 saturated carbocycles. The van der Waals surface area contributed by atoms with E-state index in [1.165, 1.54) is 6.07 Å². The second-order valence-corrected chi connectivity index (χ2v) is 7.10. The molecular formula is C23H22F4O2. The summed E-state index contributed by atoms with van der Waals surface area (Å²) in [4.78, 5) is 0. The van der Waals surface area contributed by atoms with Gasteiger partial charge in [-0.05, 0) is 36.8 Å². The molecule has 0 spiro atoms. The summed E-state index contributed by atoms with van der Waals surface area (Å²) in [5.41, 5.74) is -0.100. The van der Waals surface area contributed by atoms with Gasteiger partial charge in [0.25, 0.3) is 0 Å². The fourth-order valence-corrected chi connectivity index (χ4v) is 3.14. The molecule has 6 heteroatoms. The molecule has 0 aliphatic carbocycles. The summed E-state index contributed by atoms with van der Waals surface area (Å²) in [6, 6.07) is 5.26. The standard InChI is InChI=1S/C23H22F4O2/c1-2-3-4-5-16-13-28-23(29-14-16)17-11-20(25)18(21(26)12-17)8-6-15-7-9-19(24)22(27)10-15/h7,9-12,16,23H,2-5,13-14H2,1H3/t16-,23-. The average Bonchev–Trinajstić information content (AvgIpc) is 2.70. The van der Waals surface area contributed by atoms with Crippen LogP contribution in [0.5, 0.6) is 0 Å². The van der Waals surface area contributed by atoms with Crippen molar-refractivity contribution in [2.45, 2.75) is 38.9 Å². The number of unbranched alkanes of at least 4 members (excludes halogenated alkanes) is 2. The van der Waals surface area contributed by atoms with Crippen LogP contribution in [-0.2, 0) is 9.47 Å². The molecule has 1 aliphatic heterocycles. The van der Waals surface area contributed by atoms with E-state index in [9.17, 15) is 17.6 Å². The number of benzene rings is 2. The van der Waals surface area contributed by atoms with Gasteiger partial charge < -0.3 is 9.47 Å². The normalized spacial score (nSPS) is 18.9. The van der Waals surface area contributed by atoms with E-state index in [1.807, 2.05) is 0 Å². The monoisotopic (exact) mass is 406 g/mol. The molecule has 2 aromatic carbocycles. The molecule has 0 unspecified atom stereocenters. The summed E-state index contributed by atoms with van der Waals surface area (Å²) >= 11 is 0. The zero-order valence-corrected chi connectivity index (χ0v) is 16.1. The minimum Gasteiger partial charge on any atom is -0.348 e. The van der Waals surface area contributed by atoms with Crippen molar-refractivity contribution >= 4 is 0 Å². The Bertz CT molecular complexity index is 886. The van der Waals surface area contributed by atoms with Crippen LogP contribution in [0.15, 0.2) is 30.3 Å². The van der Waals surface area contributed by atoms with Crippen molar-refractivity contribution in [1.29, 1.82) is 0 Å². The molecule has 0 aromatic heterocycles. The highest BCUT2D eigenvalue weighted by atomic mass is 19.2. The topological polar surface area (TPSA) is 18.5 Å². The highest BCUT2D eigenvalue weighted by Gasteiger charge is 2.25. The van der Waals surface area contributed by atoms with Crippen LogP contribution in [0.25, 0.3) is 0 Å². The number of halogens is 4. The molecule has 29 heavy (non-hydrogen) atoms. The number of ether oxygens (including phenoxy) is 2. The van der Waals surface area contributed by atoms with Gasteiger partial charge in [-0.2, -0.15) is 0 Å². The maximum absolute atomic E-state index is 14.4. The van der Waals surface area contributed by atoms with E-state index in [1.54, 1.807) is 0 Å². The van der Waals surface area contributed by atoms with Crippen LogP contribution < -0.4 is 0 Å². The van der Waals surface area contributed by atoms with Crippen LogP contribution in [0.1, 0.15) is 55.6 Å². The molecule has 1 fully saturated rings. The summed E-state index contributed by atoms with van der Waals surface area (Å²) in [5.74, 6) is 1.24. The summed E-state index contributed by atoms with van der Waals surface area (Å²) in [6.07, 6.45) is 3.58. The lowest BCUT2D eigenvalue weighted by molar-refractivity contribution is -0.206. The van der Waals surface area contributed by atoms with Gasteiger partial charge in [0.1, 0.15) is 11.6 Å². The molecule has 0 atom stereocenters. The fourth-order valence-electron chi connectivity index (χ4n) is 3.14. The molecule has 2 aromatic rings. The smallest absolute Gasteiger partial charge is 0.184 e. The average molecular weight is 406 g/mol. The Hall–Kier alpha value is -2.36. The molecule has 3 rings (SSSR count). The Morgan fingerprint density at radius 1 is 0.862 bits per heavy atom. The predicted molar refractivity (Wildman–Crippen MR) is 101 cm³/mol. The quantitative estimate of drug-likeness (QED) is 0.350. The van der Waals surface area contributed by atoms with Crippen LogP contribution in [-0.4, -0.2) is 13.2 Å². The fraction of sp³-hybridized carbons (Fsp3) is 0.391. The lowest BCUT2D eigenvalue weighted by Crippen LogP contribution is -2.27. The first-order valence-corrected chi connectivity index (χ1v) is 9.67. The zero-order valence-electron chi connectivity index (χ0n) is 16.1. The van der Waals surface area contributed by atoms with Gasteiger partial charge in [0.15, 0.2) is 17.9 Å². The predicted octanol–water partition coefficient (Wildman–Crippen LogP) is 5.88. The highest BCUT2D eigenvalue weighted by molar-refractivity contribution is 5.45. The molecule has 1 saturated heterocycles. The third-order valence-electron chi connectivity index (χ3n) is 4.77. The summed E-state index contributed by atoms with van der Waals surface area (Å²) < 4.78 is 66.3. The van der Waals surface area contributed by atoms with E-state index in [0.717, 1.165) is 49.9 Å². The van der Waals surface area contributed by atoms with Crippen molar-refractivity contribution in [3.63, 3.8) is 0 Å². The van der Waals surface area contributed by atoms with Crippen LogP contribution in [0.3, 0.4) is 0 Å². The van der Waals surface area contributed by atoms with Gasteiger partial charge >= 0.3 is 0 Å². The summed E-state index contributed by atoms with van der Waals surface area (Å²) in [7, 11) is 0. The Balaban J connectivity index is 1.69. The van der Waals surface area contributed by atoms with Crippen molar-refractivity contribution in [1.82, 2.24) is 0 Å². The van der Waals surface area contributed by atoms with E-state index < -0.39 is 35.1 Å². The third kappa shape index (κ3) is 5.59. The first kappa shape index (κ1) is 21.4. The van der Waals surface area contributed by atoms with Crippen molar-refractivity contribution < 1.29 is 27.0 Å². The van der Waals surface area contributed by atoms with E-state index in [4.69, 9.17) is 9.47 Å². The molecule has 1 heterocycles. The van der Waals surface area contributed by atoms with Gasteiger partial charge in [0, 0.05) is 17.0 Å². The molecule has 0 radical (unpaired) electrons. The number of hydrogen-bond donors (Lipinski definition) is 0. The summed E-state index contributed by atoms with van der Waals surface area (Å²) in [5, 5.41) is 0. The Labute approximate surface area is 167 Å². The lowest BCUT2D eigenvalue weighted by atomic mass is 10.0. The first-order chi connectivity index (χ1) is 14.0. The molecular weight excluding hydrogens is 384 g/mol. The summed E-state index contributed by atoms with van der Waals surface area (Å²) in [6.45, 7) is 3.10. The van der Waals surface area contributed by atoms with Crippen molar-refractivity contribution in [3.05, 3.63) is 70.3 Å². The number of rotatable bonds is 5. The van der Waals surface area contributed by atoms with E-state index in [2.05, 4.69) is 18.8 Å². The lowest BCUT2D eigenvalue weighted by Gasteiger charge is -2.29. The molecule has 1 aliphatic rings. The van der Waals surface area contributed by atoms with Crippen LogP contribution in [0.4, 0.5) is 17.6 Å². The second-order valence-electron chi connectivity index (χ2n) is 7.10. The van der Waals surface area contributed by atoms with E-state index >= 15 is 0 Å². The third-order valence-corrected chi connectivity index (χ3v) is 4.77. The molecule has 2 nitrogen and oxygen atoms in total. The maximum Gasteiger partial charge on any atom is 0.184 e. The van der Waals surface area contributed by atoms with Crippen molar-refractivity contribution in [3.8, 4) is 11.8 Å². The second kappa shape index (κ2) is 9.91. The zero-order chi connectivity index (χ0) is 20.8. The number of hydrogen-bond acceptors (Lipinski definition) is 2. The Kier molecular flexibility index (Phi) is 7.29. The van der Waals surface area contributed by atoms with Gasteiger partial charge in [-0.25, -0.2) is 17.6 Å². The van der Waals surface area contributed by atoms with Gasteiger partial charge in [-0.15, -0.1) is 0 Å². The van der Waals surface area contributed by atoms with Crippen LogP contribution in [0, 0.1) is 41.0 Å². The highest BCUT2D eigenvalue weighted by Crippen LogP contribution is 2.29. The van der Waals surface area contributed by atoms with Gasteiger partial charge in [0.2, 0.25) is 0 Å². The van der Waals surface area contributed by atoms with E-state index in [0.29, 0.717) is 13.2 Å². The minimum atomic E-state index is -1.08.